The molecule has 0 saturated carbocycles. The van der Waals surface area contributed by atoms with Gasteiger partial charge >= 0.3 is 0 Å². The van der Waals surface area contributed by atoms with Crippen molar-refractivity contribution < 1.29 is 4.42 Å². The second kappa shape index (κ2) is 5.89. The zero-order valence-electron chi connectivity index (χ0n) is 11.4. The van der Waals surface area contributed by atoms with E-state index < -0.39 is 0 Å². The van der Waals surface area contributed by atoms with Crippen molar-refractivity contribution in [2.75, 3.05) is 12.4 Å². The summed E-state index contributed by atoms with van der Waals surface area (Å²) < 4.78 is 5.54. The molecule has 2 rings (SSSR count). The van der Waals surface area contributed by atoms with Gasteiger partial charge in [-0.05, 0) is 50.3 Å². The van der Waals surface area contributed by atoms with Gasteiger partial charge in [0, 0.05) is 12.7 Å². The third-order valence-corrected chi connectivity index (χ3v) is 3.25. The van der Waals surface area contributed by atoms with E-state index in [4.69, 9.17) is 16.6 Å². The van der Waals surface area contributed by atoms with Gasteiger partial charge in [-0.2, -0.15) is 0 Å². The number of aryl methyl sites for hydroxylation is 2. The normalized spacial score (nSPS) is 10.3. The summed E-state index contributed by atoms with van der Waals surface area (Å²) in [6.07, 6.45) is 0. The van der Waals surface area contributed by atoms with E-state index in [0.717, 1.165) is 17.2 Å². The standard InChI is InChI=1S/C15H18N2OS/c1-11-4-7-13(8-5-11)16-15(19)17(3)10-14-9-6-12(2)18-14/h4-9H,10H2,1-3H3,(H,16,19). The van der Waals surface area contributed by atoms with Gasteiger partial charge in [-0.15, -0.1) is 0 Å². The van der Waals surface area contributed by atoms with Crippen molar-refractivity contribution in [2.24, 2.45) is 0 Å². The van der Waals surface area contributed by atoms with Crippen LogP contribution in [0.3, 0.4) is 0 Å². The largest absolute Gasteiger partial charge is 0.464 e. The predicted octanol–water partition coefficient (Wildman–Crippen LogP) is 3.73. The van der Waals surface area contributed by atoms with Gasteiger partial charge in [0.1, 0.15) is 11.5 Å². The molecule has 4 heteroatoms. The highest BCUT2D eigenvalue weighted by molar-refractivity contribution is 7.80. The van der Waals surface area contributed by atoms with Gasteiger partial charge in [0.05, 0.1) is 6.54 Å². The third-order valence-electron chi connectivity index (χ3n) is 2.84. The Hall–Kier alpha value is -1.81. The fourth-order valence-corrected chi connectivity index (χ4v) is 1.91. The molecule has 2 aromatic rings. The minimum absolute atomic E-state index is 0.658. The third kappa shape index (κ3) is 3.83. The van der Waals surface area contributed by atoms with Crippen molar-refractivity contribution in [3.05, 3.63) is 53.5 Å². The first-order valence-corrected chi connectivity index (χ1v) is 6.59. The van der Waals surface area contributed by atoms with E-state index in [2.05, 4.69) is 24.4 Å². The monoisotopic (exact) mass is 274 g/mol. The van der Waals surface area contributed by atoms with Gasteiger partial charge in [-0.3, -0.25) is 0 Å². The minimum Gasteiger partial charge on any atom is -0.464 e. The summed E-state index contributed by atoms with van der Waals surface area (Å²) in [6.45, 7) is 4.66. The number of furan rings is 1. The number of nitrogens with zero attached hydrogens (tertiary/aromatic N) is 1. The summed E-state index contributed by atoms with van der Waals surface area (Å²) in [5, 5.41) is 3.89. The highest BCUT2D eigenvalue weighted by Crippen LogP contribution is 2.12. The van der Waals surface area contributed by atoms with Crippen LogP contribution in [0.2, 0.25) is 0 Å². The van der Waals surface area contributed by atoms with E-state index in [1.54, 1.807) is 0 Å². The summed E-state index contributed by atoms with van der Waals surface area (Å²) in [5.41, 5.74) is 2.23. The van der Waals surface area contributed by atoms with Gasteiger partial charge in [0.25, 0.3) is 0 Å². The van der Waals surface area contributed by atoms with Gasteiger partial charge in [-0.25, -0.2) is 0 Å². The fraction of sp³-hybridized carbons (Fsp3) is 0.267. The second-order valence-corrected chi connectivity index (χ2v) is 5.05. The quantitative estimate of drug-likeness (QED) is 0.863. The molecule has 0 fully saturated rings. The lowest BCUT2D eigenvalue weighted by molar-refractivity contribution is 0.403. The number of hydrogen-bond donors (Lipinski definition) is 1. The van der Waals surface area contributed by atoms with Crippen LogP contribution < -0.4 is 5.32 Å². The Morgan fingerprint density at radius 2 is 1.84 bits per heavy atom. The molecule has 19 heavy (non-hydrogen) atoms. The van der Waals surface area contributed by atoms with Crippen LogP contribution in [0, 0.1) is 13.8 Å². The van der Waals surface area contributed by atoms with E-state index in [1.165, 1.54) is 5.56 Å². The zero-order chi connectivity index (χ0) is 13.8. The molecule has 0 atom stereocenters. The topological polar surface area (TPSA) is 28.4 Å². The maximum absolute atomic E-state index is 5.54. The van der Waals surface area contributed by atoms with Gasteiger partial charge in [-0.1, -0.05) is 17.7 Å². The molecular formula is C15H18N2OS. The van der Waals surface area contributed by atoms with Crippen LogP contribution in [0.15, 0.2) is 40.8 Å². The Morgan fingerprint density at radius 1 is 1.16 bits per heavy atom. The summed E-state index contributed by atoms with van der Waals surface area (Å²) in [5.74, 6) is 1.83. The number of benzene rings is 1. The molecular weight excluding hydrogens is 256 g/mol. The first kappa shape index (κ1) is 13.6. The fourth-order valence-electron chi connectivity index (χ4n) is 1.73. The highest BCUT2D eigenvalue weighted by Gasteiger charge is 2.07. The van der Waals surface area contributed by atoms with Crippen molar-refractivity contribution in [1.29, 1.82) is 0 Å². The average molecular weight is 274 g/mol. The second-order valence-electron chi connectivity index (χ2n) is 4.66. The SMILES string of the molecule is Cc1ccc(NC(=S)N(C)Cc2ccc(C)o2)cc1. The van der Waals surface area contributed by atoms with Crippen LogP contribution in [-0.4, -0.2) is 17.1 Å². The molecule has 0 aliphatic carbocycles. The molecule has 0 aliphatic rings. The molecule has 1 aromatic heterocycles. The van der Waals surface area contributed by atoms with E-state index in [1.807, 2.05) is 43.1 Å². The van der Waals surface area contributed by atoms with Crippen LogP contribution >= 0.6 is 12.2 Å². The van der Waals surface area contributed by atoms with E-state index >= 15 is 0 Å². The molecule has 0 bridgehead atoms. The van der Waals surface area contributed by atoms with Crippen molar-refractivity contribution >= 4 is 23.0 Å². The maximum atomic E-state index is 5.54. The lowest BCUT2D eigenvalue weighted by Crippen LogP contribution is -2.30. The van der Waals surface area contributed by atoms with Crippen LogP contribution in [0.4, 0.5) is 5.69 Å². The van der Waals surface area contributed by atoms with Gasteiger partial charge < -0.3 is 14.6 Å². The molecule has 0 radical (unpaired) electrons. The van der Waals surface area contributed by atoms with Crippen molar-refractivity contribution in [3.8, 4) is 0 Å². The molecule has 1 aromatic carbocycles. The Labute approximate surface area is 119 Å². The molecule has 0 spiro atoms. The summed E-state index contributed by atoms with van der Waals surface area (Å²) >= 11 is 5.37. The molecule has 0 saturated heterocycles. The molecule has 0 unspecified atom stereocenters. The first-order valence-electron chi connectivity index (χ1n) is 6.19. The number of hydrogen-bond acceptors (Lipinski definition) is 2. The Balaban J connectivity index is 1.94. The van der Waals surface area contributed by atoms with Gasteiger partial charge in [0.15, 0.2) is 5.11 Å². The van der Waals surface area contributed by atoms with Gasteiger partial charge in [0.2, 0.25) is 0 Å². The maximum Gasteiger partial charge on any atom is 0.173 e. The molecule has 3 nitrogen and oxygen atoms in total. The average Bonchev–Trinajstić information content (AvgIpc) is 2.77. The first-order chi connectivity index (χ1) is 9.04. The number of thiocarbonyl (C=S) groups is 1. The van der Waals surface area contributed by atoms with E-state index in [-0.39, 0.29) is 0 Å². The molecule has 0 aliphatic heterocycles. The molecule has 1 heterocycles. The van der Waals surface area contributed by atoms with Crippen molar-refractivity contribution in [3.63, 3.8) is 0 Å². The van der Waals surface area contributed by atoms with E-state index in [9.17, 15) is 0 Å². The molecule has 1 N–H and O–H groups in total. The number of anilines is 1. The highest BCUT2D eigenvalue weighted by atomic mass is 32.1. The van der Waals surface area contributed by atoms with Crippen molar-refractivity contribution in [1.82, 2.24) is 4.90 Å². The Morgan fingerprint density at radius 3 is 2.42 bits per heavy atom. The van der Waals surface area contributed by atoms with Crippen LogP contribution in [-0.2, 0) is 6.54 Å². The predicted molar refractivity (Wildman–Crippen MR) is 82.3 cm³/mol. The summed E-state index contributed by atoms with van der Waals surface area (Å²) in [6, 6.07) is 12.1. The lowest BCUT2D eigenvalue weighted by Gasteiger charge is -2.20. The minimum atomic E-state index is 0.658. The number of rotatable bonds is 3. The Bertz CT molecular complexity index is 560. The van der Waals surface area contributed by atoms with Crippen LogP contribution in [0.25, 0.3) is 0 Å². The Kier molecular flexibility index (Phi) is 4.22. The smallest absolute Gasteiger partial charge is 0.173 e. The number of nitrogens with one attached hydrogen (secondary N) is 1. The molecule has 100 valence electrons. The summed E-state index contributed by atoms with van der Waals surface area (Å²) in [4.78, 5) is 1.95. The molecule has 0 amide bonds. The van der Waals surface area contributed by atoms with Crippen molar-refractivity contribution in [2.45, 2.75) is 20.4 Å². The lowest BCUT2D eigenvalue weighted by atomic mass is 10.2. The van der Waals surface area contributed by atoms with Crippen LogP contribution in [0.1, 0.15) is 17.1 Å². The zero-order valence-corrected chi connectivity index (χ0v) is 12.3. The van der Waals surface area contributed by atoms with Crippen LogP contribution in [0.5, 0.6) is 0 Å². The summed E-state index contributed by atoms with van der Waals surface area (Å²) in [7, 11) is 1.95. The van der Waals surface area contributed by atoms with E-state index in [0.29, 0.717) is 11.7 Å².